The maximum Gasteiger partial charge on any atom is 0.127 e. The average molecular weight is 275 g/mol. The van der Waals surface area contributed by atoms with Gasteiger partial charge in [-0.15, -0.1) is 11.6 Å². The monoisotopic (exact) mass is 274 g/mol. The molecule has 0 saturated carbocycles. The van der Waals surface area contributed by atoms with Crippen molar-refractivity contribution in [2.45, 2.75) is 32.6 Å². The quantitative estimate of drug-likeness (QED) is 0.656. The van der Waals surface area contributed by atoms with Crippen LogP contribution in [0.4, 0.5) is 0 Å². The first kappa shape index (κ1) is 14.0. The average Bonchev–Trinajstić information content (AvgIpc) is 2.42. The first-order valence-electron chi connectivity index (χ1n) is 6.65. The predicted molar refractivity (Wildman–Crippen MR) is 81.2 cm³/mol. The van der Waals surface area contributed by atoms with E-state index >= 15 is 0 Å². The minimum absolute atomic E-state index is 0.540. The Bertz CT molecular complexity index is 531. The van der Waals surface area contributed by atoms with E-state index in [4.69, 9.17) is 16.3 Å². The molecular formula is C17H19ClO. The van der Waals surface area contributed by atoms with Gasteiger partial charge in [0, 0.05) is 5.88 Å². The van der Waals surface area contributed by atoms with Crippen LogP contribution in [0, 0.1) is 6.92 Å². The summed E-state index contributed by atoms with van der Waals surface area (Å²) in [5.41, 5.74) is 3.66. The fraction of sp³-hybridized carbons (Fsp3) is 0.294. The Balaban J connectivity index is 2.10. The van der Waals surface area contributed by atoms with E-state index < -0.39 is 0 Å². The molecule has 0 unspecified atom stereocenters. The highest BCUT2D eigenvalue weighted by Gasteiger charge is 2.01. The molecule has 0 radical (unpaired) electrons. The number of hydrogen-bond acceptors (Lipinski definition) is 1. The lowest BCUT2D eigenvalue weighted by atomic mass is 10.1. The molecule has 0 aromatic heterocycles. The van der Waals surface area contributed by atoms with E-state index in [-0.39, 0.29) is 0 Å². The zero-order valence-electron chi connectivity index (χ0n) is 11.4. The molecule has 1 nitrogen and oxygen atoms in total. The predicted octanol–water partition coefficient (Wildman–Crippen LogP) is 5.48. The zero-order valence-corrected chi connectivity index (χ0v) is 12.2. The Morgan fingerprint density at radius 3 is 2.26 bits per heavy atom. The van der Waals surface area contributed by atoms with Crippen LogP contribution in [-0.4, -0.2) is 0 Å². The topological polar surface area (TPSA) is 9.23 Å². The second-order valence-electron chi connectivity index (χ2n) is 4.72. The Morgan fingerprint density at radius 2 is 1.68 bits per heavy atom. The van der Waals surface area contributed by atoms with Crippen molar-refractivity contribution in [3.63, 3.8) is 0 Å². The number of ether oxygens (including phenoxy) is 1. The molecule has 0 bridgehead atoms. The van der Waals surface area contributed by atoms with Gasteiger partial charge in [-0.05, 0) is 54.3 Å². The Kier molecular flexibility index (Phi) is 4.86. The Labute approximate surface area is 120 Å². The van der Waals surface area contributed by atoms with Crippen molar-refractivity contribution in [3.8, 4) is 11.5 Å². The smallest absolute Gasteiger partial charge is 0.127 e. The van der Waals surface area contributed by atoms with Gasteiger partial charge in [0.05, 0.1) is 0 Å². The van der Waals surface area contributed by atoms with Crippen LogP contribution in [0.1, 0.15) is 30.0 Å². The van der Waals surface area contributed by atoms with Crippen molar-refractivity contribution in [1.82, 2.24) is 0 Å². The third kappa shape index (κ3) is 3.74. The van der Waals surface area contributed by atoms with Gasteiger partial charge in [0.1, 0.15) is 11.5 Å². The van der Waals surface area contributed by atoms with Gasteiger partial charge in [-0.3, -0.25) is 0 Å². The number of benzene rings is 2. The van der Waals surface area contributed by atoms with Gasteiger partial charge in [0.25, 0.3) is 0 Å². The number of halogens is 1. The van der Waals surface area contributed by atoms with Crippen molar-refractivity contribution >= 4 is 11.6 Å². The van der Waals surface area contributed by atoms with Crippen LogP contribution >= 0.6 is 11.6 Å². The molecule has 19 heavy (non-hydrogen) atoms. The lowest BCUT2D eigenvalue weighted by Crippen LogP contribution is -1.89. The molecule has 0 aliphatic rings. The maximum absolute atomic E-state index is 5.85. The van der Waals surface area contributed by atoms with Crippen LogP contribution in [0.15, 0.2) is 42.5 Å². The molecule has 2 aromatic rings. The van der Waals surface area contributed by atoms with Gasteiger partial charge < -0.3 is 4.74 Å². The van der Waals surface area contributed by atoms with Crippen LogP contribution in [-0.2, 0) is 12.3 Å². The highest BCUT2D eigenvalue weighted by Crippen LogP contribution is 2.25. The Hall–Kier alpha value is -1.47. The fourth-order valence-electron chi connectivity index (χ4n) is 2.03. The molecule has 0 atom stereocenters. The molecule has 0 fully saturated rings. The number of rotatable bonds is 5. The van der Waals surface area contributed by atoms with E-state index in [0.29, 0.717) is 5.88 Å². The van der Waals surface area contributed by atoms with Gasteiger partial charge >= 0.3 is 0 Å². The van der Waals surface area contributed by atoms with E-state index in [9.17, 15) is 0 Å². The zero-order chi connectivity index (χ0) is 13.7. The molecule has 0 heterocycles. The van der Waals surface area contributed by atoms with Crippen LogP contribution in [0.3, 0.4) is 0 Å². The molecule has 0 spiro atoms. The Morgan fingerprint density at radius 1 is 1.00 bits per heavy atom. The van der Waals surface area contributed by atoms with E-state index in [2.05, 4.69) is 26.0 Å². The second-order valence-corrected chi connectivity index (χ2v) is 4.99. The van der Waals surface area contributed by atoms with Crippen molar-refractivity contribution in [2.75, 3.05) is 0 Å². The third-order valence-corrected chi connectivity index (χ3v) is 3.44. The SMILES string of the molecule is CCCc1ccc(Oc2ccc(CCl)c(C)c2)cc1. The molecule has 0 aliphatic heterocycles. The van der Waals surface area contributed by atoms with Crippen LogP contribution in [0.2, 0.25) is 0 Å². The third-order valence-electron chi connectivity index (χ3n) is 3.16. The highest BCUT2D eigenvalue weighted by atomic mass is 35.5. The normalized spacial score (nSPS) is 10.5. The van der Waals surface area contributed by atoms with Gasteiger partial charge in [-0.1, -0.05) is 31.5 Å². The number of hydrogen-bond donors (Lipinski definition) is 0. The summed E-state index contributed by atoms with van der Waals surface area (Å²) in [5.74, 6) is 2.27. The molecule has 2 heteroatoms. The molecule has 0 amide bonds. The molecule has 2 rings (SSSR count). The maximum atomic E-state index is 5.85. The second kappa shape index (κ2) is 6.63. The molecule has 0 aliphatic carbocycles. The molecule has 2 aromatic carbocycles. The highest BCUT2D eigenvalue weighted by molar-refractivity contribution is 6.17. The van der Waals surface area contributed by atoms with Gasteiger partial charge in [-0.2, -0.15) is 0 Å². The summed E-state index contributed by atoms with van der Waals surface area (Å²) in [6.45, 7) is 4.24. The lowest BCUT2D eigenvalue weighted by molar-refractivity contribution is 0.482. The molecule has 0 N–H and O–H groups in total. The standard InChI is InChI=1S/C17H19ClO/c1-3-4-14-5-8-16(9-6-14)19-17-10-7-15(12-18)13(2)11-17/h5-11H,3-4,12H2,1-2H3. The summed E-state index contributed by atoms with van der Waals surface area (Å²) in [6, 6.07) is 14.3. The first-order valence-corrected chi connectivity index (χ1v) is 7.18. The number of aryl methyl sites for hydroxylation is 2. The summed E-state index contributed by atoms with van der Waals surface area (Å²) in [7, 11) is 0. The van der Waals surface area contributed by atoms with Crippen molar-refractivity contribution in [1.29, 1.82) is 0 Å². The van der Waals surface area contributed by atoms with Crippen molar-refractivity contribution in [2.24, 2.45) is 0 Å². The minimum Gasteiger partial charge on any atom is -0.457 e. The first-order chi connectivity index (χ1) is 9.22. The largest absolute Gasteiger partial charge is 0.457 e. The minimum atomic E-state index is 0.540. The van der Waals surface area contributed by atoms with Crippen LogP contribution in [0.5, 0.6) is 11.5 Å². The molecule has 100 valence electrons. The van der Waals surface area contributed by atoms with E-state index in [1.807, 2.05) is 30.3 Å². The van der Waals surface area contributed by atoms with Gasteiger partial charge in [-0.25, -0.2) is 0 Å². The number of alkyl halides is 1. The van der Waals surface area contributed by atoms with E-state index in [0.717, 1.165) is 29.0 Å². The molecule has 0 saturated heterocycles. The van der Waals surface area contributed by atoms with Crippen LogP contribution < -0.4 is 4.74 Å². The van der Waals surface area contributed by atoms with Gasteiger partial charge in [0.15, 0.2) is 0 Å². The van der Waals surface area contributed by atoms with E-state index in [1.54, 1.807) is 0 Å². The summed E-state index contributed by atoms with van der Waals surface area (Å²) < 4.78 is 5.85. The lowest BCUT2D eigenvalue weighted by Gasteiger charge is -2.09. The van der Waals surface area contributed by atoms with Gasteiger partial charge in [0.2, 0.25) is 0 Å². The molecular weight excluding hydrogens is 256 g/mol. The van der Waals surface area contributed by atoms with Crippen molar-refractivity contribution < 1.29 is 4.74 Å². The summed E-state index contributed by atoms with van der Waals surface area (Å²) in [6.07, 6.45) is 2.28. The fourth-order valence-corrected chi connectivity index (χ4v) is 2.33. The summed E-state index contributed by atoms with van der Waals surface area (Å²) >= 11 is 5.85. The van der Waals surface area contributed by atoms with E-state index in [1.165, 1.54) is 12.0 Å². The summed E-state index contributed by atoms with van der Waals surface area (Å²) in [4.78, 5) is 0. The van der Waals surface area contributed by atoms with Crippen LogP contribution in [0.25, 0.3) is 0 Å². The summed E-state index contributed by atoms with van der Waals surface area (Å²) in [5, 5.41) is 0. The van der Waals surface area contributed by atoms with Crippen molar-refractivity contribution in [3.05, 3.63) is 59.2 Å².